The summed E-state index contributed by atoms with van der Waals surface area (Å²) in [4.78, 5) is 4.67. The van der Waals surface area contributed by atoms with Gasteiger partial charge < -0.3 is 11.5 Å². The van der Waals surface area contributed by atoms with Crippen LogP contribution in [0.25, 0.3) is 10.9 Å². The molecule has 0 saturated carbocycles. The van der Waals surface area contributed by atoms with E-state index < -0.39 is 0 Å². The quantitative estimate of drug-likeness (QED) is 0.758. The van der Waals surface area contributed by atoms with E-state index in [9.17, 15) is 0 Å². The van der Waals surface area contributed by atoms with Crippen LogP contribution in [-0.4, -0.2) is 4.98 Å². The monoisotopic (exact) mass is 213 g/mol. The topological polar surface area (TPSA) is 64.9 Å². The minimum Gasteiger partial charge on any atom is -0.398 e. The molecule has 1 heterocycles. The maximum absolute atomic E-state index is 6.21. The smallest absolute Gasteiger partial charge is 0.0726 e. The highest BCUT2D eigenvalue weighted by atomic mass is 14.7. The molecule has 1 aromatic heterocycles. The summed E-state index contributed by atoms with van der Waals surface area (Å²) in [7, 11) is 0. The summed E-state index contributed by atoms with van der Waals surface area (Å²) in [6.07, 6.45) is 3.30. The first-order chi connectivity index (χ1) is 7.79. The van der Waals surface area contributed by atoms with E-state index in [2.05, 4.69) is 11.1 Å². The molecule has 16 heavy (non-hydrogen) atoms. The molecule has 3 heteroatoms. The van der Waals surface area contributed by atoms with Crippen molar-refractivity contribution < 1.29 is 0 Å². The van der Waals surface area contributed by atoms with Crippen molar-refractivity contribution in [2.45, 2.75) is 25.8 Å². The van der Waals surface area contributed by atoms with E-state index in [1.54, 1.807) is 0 Å². The first-order valence-electron chi connectivity index (χ1n) is 5.69. The number of aromatic nitrogens is 1. The Kier molecular flexibility index (Phi) is 2.07. The summed E-state index contributed by atoms with van der Waals surface area (Å²) in [6, 6.07) is 6.11. The number of anilines is 1. The van der Waals surface area contributed by atoms with Gasteiger partial charge in [-0.15, -0.1) is 0 Å². The standard InChI is InChI=1S/C13H15N3/c14-7-8-4-5-12-10(6-8)13(15)9-2-1-3-11(9)16-12/h4-6H,1-3,7,14H2,(H2,15,16). The van der Waals surface area contributed by atoms with Crippen molar-refractivity contribution in [1.29, 1.82) is 0 Å². The number of nitrogens with zero attached hydrogens (tertiary/aromatic N) is 1. The zero-order valence-electron chi connectivity index (χ0n) is 9.16. The van der Waals surface area contributed by atoms with Gasteiger partial charge in [0, 0.05) is 23.3 Å². The fourth-order valence-electron chi connectivity index (χ4n) is 2.47. The minimum atomic E-state index is 0.548. The average molecular weight is 213 g/mol. The van der Waals surface area contributed by atoms with Gasteiger partial charge in [-0.1, -0.05) is 6.07 Å². The molecule has 2 aromatic rings. The van der Waals surface area contributed by atoms with Crippen molar-refractivity contribution >= 4 is 16.6 Å². The molecule has 4 N–H and O–H groups in total. The van der Waals surface area contributed by atoms with Crippen molar-refractivity contribution in [2.24, 2.45) is 5.73 Å². The predicted octanol–water partition coefficient (Wildman–Crippen LogP) is 1.76. The fraction of sp³-hybridized carbons (Fsp3) is 0.308. The molecule has 0 spiro atoms. The van der Waals surface area contributed by atoms with Gasteiger partial charge in [-0.25, -0.2) is 0 Å². The second-order valence-corrected chi connectivity index (χ2v) is 4.36. The molecule has 0 bridgehead atoms. The molecule has 0 aliphatic heterocycles. The van der Waals surface area contributed by atoms with Gasteiger partial charge in [-0.2, -0.15) is 0 Å². The van der Waals surface area contributed by atoms with Gasteiger partial charge in [0.25, 0.3) is 0 Å². The fourth-order valence-corrected chi connectivity index (χ4v) is 2.47. The highest BCUT2D eigenvalue weighted by Crippen LogP contribution is 2.32. The third-order valence-electron chi connectivity index (χ3n) is 3.36. The molecule has 1 aliphatic carbocycles. The summed E-state index contributed by atoms with van der Waals surface area (Å²) in [5, 5.41) is 1.06. The molecular formula is C13H15N3. The van der Waals surface area contributed by atoms with Gasteiger partial charge in [0.05, 0.1) is 5.52 Å². The Morgan fingerprint density at radius 2 is 2.12 bits per heavy atom. The molecular weight excluding hydrogens is 198 g/mol. The SMILES string of the molecule is NCc1ccc2nc3c(c(N)c2c1)CCC3. The number of hydrogen-bond donors (Lipinski definition) is 2. The van der Waals surface area contributed by atoms with Crippen LogP contribution in [0.2, 0.25) is 0 Å². The van der Waals surface area contributed by atoms with E-state index in [4.69, 9.17) is 11.5 Å². The first kappa shape index (κ1) is 9.60. The number of pyridine rings is 1. The second kappa shape index (κ2) is 3.46. The summed E-state index contributed by atoms with van der Waals surface area (Å²) >= 11 is 0. The van der Waals surface area contributed by atoms with Gasteiger partial charge >= 0.3 is 0 Å². The van der Waals surface area contributed by atoms with Gasteiger partial charge in [-0.3, -0.25) is 4.98 Å². The Labute approximate surface area is 94.5 Å². The molecule has 0 amide bonds. The van der Waals surface area contributed by atoms with Crippen molar-refractivity contribution in [3.8, 4) is 0 Å². The lowest BCUT2D eigenvalue weighted by Crippen LogP contribution is -2.01. The number of nitrogens with two attached hydrogens (primary N) is 2. The van der Waals surface area contributed by atoms with Crippen LogP contribution < -0.4 is 11.5 Å². The molecule has 0 saturated heterocycles. The number of rotatable bonds is 1. The third-order valence-corrected chi connectivity index (χ3v) is 3.36. The van der Waals surface area contributed by atoms with Crippen LogP contribution in [0.5, 0.6) is 0 Å². The largest absolute Gasteiger partial charge is 0.398 e. The summed E-state index contributed by atoms with van der Waals surface area (Å²) < 4.78 is 0. The van der Waals surface area contributed by atoms with Crippen molar-refractivity contribution in [3.05, 3.63) is 35.0 Å². The predicted molar refractivity (Wildman–Crippen MR) is 66.1 cm³/mol. The molecule has 82 valence electrons. The van der Waals surface area contributed by atoms with E-state index in [1.807, 2.05) is 12.1 Å². The summed E-state index contributed by atoms with van der Waals surface area (Å²) in [6.45, 7) is 0.548. The Balaban J connectivity index is 2.33. The van der Waals surface area contributed by atoms with E-state index in [0.717, 1.165) is 35.0 Å². The average Bonchev–Trinajstić information content (AvgIpc) is 2.77. The van der Waals surface area contributed by atoms with Crippen LogP contribution in [0, 0.1) is 0 Å². The van der Waals surface area contributed by atoms with Gasteiger partial charge in [0.2, 0.25) is 0 Å². The maximum atomic E-state index is 6.21. The Morgan fingerprint density at radius 1 is 1.25 bits per heavy atom. The lowest BCUT2D eigenvalue weighted by Gasteiger charge is -2.09. The number of nitrogen functional groups attached to an aromatic ring is 1. The van der Waals surface area contributed by atoms with E-state index in [0.29, 0.717) is 6.54 Å². The van der Waals surface area contributed by atoms with Gasteiger partial charge in [-0.05, 0) is 42.5 Å². The van der Waals surface area contributed by atoms with Crippen molar-refractivity contribution in [2.75, 3.05) is 5.73 Å². The lowest BCUT2D eigenvalue weighted by atomic mass is 10.0. The Bertz CT molecular complexity index is 561. The second-order valence-electron chi connectivity index (χ2n) is 4.36. The van der Waals surface area contributed by atoms with Crippen molar-refractivity contribution in [1.82, 2.24) is 4.98 Å². The first-order valence-corrected chi connectivity index (χ1v) is 5.69. The molecule has 3 nitrogen and oxygen atoms in total. The van der Waals surface area contributed by atoms with E-state index in [1.165, 1.54) is 17.7 Å². The van der Waals surface area contributed by atoms with Crippen molar-refractivity contribution in [3.63, 3.8) is 0 Å². The third kappa shape index (κ3) is 1.28. The number of hydrogen-bond acceptors (Lipinski definition) is 3. The number of fused-ring (bicyclic) bond motifs is 2. The minimum absolute atomic E-state index is 0.548. The molecule has 0 unspecified atom stereocenters. The molecule has 1 aromatic carbocycles. The Hall–Kier alpha value is -1.61. The van der Waals surface area contributed by atoms with E-state index in [-0.39, 0.29) is 0 Å². The zero-order valence-corrected chi connectivity index (χ0v) is 9.16. The zero-order chi connectivity index (χ0) is 11.1. The highest BCUT2D eigenvalue weighted by Gasteiger charge is 2.17. The van der Waals surface area contributed by atoms with Crippen LogP contribution in [-0.2, 0) is 19.4 Å². The Morgan fingerprint density at radius 3 is 2.94 bits per heavy atom. The van der Waals surface area contributed by atoms with Crippen LogP contribution in [0.1, 0.15) is 23.2 Å². The van der Waals surface area contributed by atoms with Crippen LogP contribution in [0.3, 0.4) is 0 Å². The molecule has 0 fully saturated rings. The number of benzene rings is 1. The molecule has 1 aliphatic rings. The highest BCUT2D eigenvalue weighted by molar-refractivity contribution is 5.92. The summed E-state index contributed by atoms with van der Waals surface area (Å²) in [5.74, 6) is 0. The van der Waals surface area contributed by atoms with Gasteiger partial charge in [0.15, 0.2) is 0 Å². The van der Waals surface area contributed by atoms with Gasteiger partial charge in [0.1, 0.15) is 0 Å². The normalized spacial score (nSPS) is 14.3. The van der Waals surface area contributed by atoms with Crippen LogP contribution in [0.4, 0.5) is 5.69 Å². The molecule has 0 radical (unpaired) electrons. The van der Waals surface area contributed by atoms with Crippen LogP contribution in [0.15, 0.2) is 18.2 Å². The van der Waals surface area contributed by atoms with E-state index >= 15 is 0 Å². The lowest BCUT2D eigenvalue weighted by molar-refractivity contribution is 0.901. The summed E-state index contributed by atoms with van der Waals surface area (Å²) in [5.41, 5.74) is 17.3. The molecule has 0 atom stereocenters. The van der Waals surface area contributed by atoms with Crippen LogP contribution >= 0.6 is 0 Å². The number of aryl methyl sites for hydroxylation is 1. The maximum Gasteiger partial charge on any atom is 0.0726 e. The molecule has 3 rings (SSSR count).